The van der Waals surface area contributed by atoms with Crippen LogP contribution in [0.4, 0.5) is 23.4 Å². The third-order valence-corrected chi connectivity index (χ3v) is 6.81. The lowest BCUT2D eigenvalue weighted by Gasteiger charge is -2.33. The number of nitrogens with one attached hydrogen (secondary N) is 1. The molecule has 1 saturated heterocycles. The van der Waals surface area contributed by atoms with E-state index in [1.54, 1.807) is 6.07 Å². The number of rotatable bonds is 7. The summed E-state index contributed by atoms with van der Waals surface area (Å²) in [5, 5.41) is 9.48. The number of hydrogen-bond acceptors (Lipinski definition) is 8. The van der Waals surface area contributed by atoms with Crippen molar-refractivity contribution < 1.29 is 40.3 Å². The van der Waals surface area contributed by atoms with Crippen molar-refractivity contribution in [3.05, 3.63) is 58.5 Å². The maximum atomic E-state index is 13.8. The highest BCUT2D eigenvalue weighted by atomic mass is 32.2. The molecular formula is C23H22F4N4O5S. The SMILES string of the molecule is CCOC(=O)c1cc(C#N)c(N2CCC(C(=O)NS(=O)(=O)Cc3ccccc3F)CC2)nc1C(F)(F)F. The van der Waals surface area contributed by atoms with E-state index in [9.17, 15) is 40.8 Å². The molecule has 198 valence electrons. The van der Waals surface area contributed by atoms with Crippen LogP contribution in [0.15, 0.2) is 30.3 Å². The molecular weight excluding hydrogens is 520 g/mol. The minimum Gasteiger partial charge on any atom is -0.462 e. The number of esters is 1. The lowest BCUT2D eigenvalue weighted by atomic mass is 9.96. The topological polar surface area (TPSA) is 129 Å². The quantitative estimate of drug-likeness (QED) is 0.417. The number of hydrogen-bond donors (Lipinski definition) is 1. The summed E-state index contributed by atoms with van der Waals surface area (Å²) in [4.78, 5) is 29.5. The van der Waals surface area contributed by atoms with Crippen LogP contribution < -0.4 is 9.62 Å². The first-order chi connectivity index (χ1) is 17.4. The molecule has 2 aromatic rings. The molecule has 1 aliphatic rings. The first-order valence-electron chi connectivity index (χ1n) is 11.1. The molecule has 37 heavy (non-hydrogen) atoms. The van der Waals surface area contributed by atoms with E-state index in [1.165, 1.54) is 30.0 Å². The highest BCUT2D eigenvalue weighted by Crippen LogP contribution is 2.35. The number of benzene rings is 1. The molecule has 0 saturated carbocycles. The molecule has 1 aromatic carbocycles. The van der Waals surface area contributed by atoms with Gasteiger partial charge in [0.15, 0.2) is 5.69 Å². The van der Waals surface area contributed by atoms with Crippen LogP contribution in [0.25, 0.3) is 0 Å². The smallest absolute Gasteiger partial charge is 0.434 e. The predicted molar refractivity (Wildman–Crippen MR) is 122 cm³/mol. The van der Waals surface area contributed by atoms with E-state index in [-0.39, 0.29) is 49.5 Å². The average molecular weight is 543 g/mol. The van der Waals surface area contributed by atoms with E-state index >= 15 is 0 Å². The Morgan fingerprint density at radius 3 is 2.46 bits per heavy atom. The lowest BCUT2D eigenvalue weighted by molar-refractivity contribution is -0.141. The molecule has 14 heteroatoms. The van der Waals surface area contributed by atoms with Crippen molar-refractivity contribution in [1.29, 1.82) is 5.26 Å². The Morgan fingerprint density at radius 1 is 1.24 bits per heavy atom. The standard InChI is InChI=1S/C23H22F4N4O5S/c1-2-36-22(33)17-11-16(12-28)20(29-19(17)23(25,26)27)31-9-7-14(8-10-31)21(32)30-37(34,35)13-15-5-3-4-6-18(15)24/h3-6,11,14H,2,7-10,13H2,1H3,(H,30,32). The van der Waals surface area contributed by atoms with Crippen LogP contribution in [0.2, 0.25) is 0 Å². The number of carbonyl (C=O) groups is 2. The van der Waals surface area contributed by atoms with Crippen molar-refractivity contribution >= 4 is 27.7 Å². The molecule has 0 radical (unpaired) electrons. The van der Waals surface area contributed by atoms with Crippen LogP contribution in [-0.4, -0.2) is 45.0 Å². The number of anilines is 1. The maximum Gasteiger partial charge on any atom is 0.434 e. The monoisotopic (exact) mass is 542 g/mol. The fourth-order valence-corrected chi connectivity index (χ4v) is 5.04. The number of amides is 1. The second-order valence-electron chi connectivity index (χ2n) is 8.16. The zero-order valence-corrected chi connectivity index (χ0v) is 20.3. The van der Waals surface area contributed by atoms with Crippen molar-refractivity contribution in [3.8, 4) is 6.07 Å². The molecule has 1 aliphatic heterocycles. The Kier molecular flexibility index (Phi) is 8.37. The third-order valence-electron chi connectivity index (χ3n) is 5.61. The molecule has 1 N–H and O–H groups in total. The zero-order valence-electron chi connectivity index (χ0n) is 19.5. The fraction of sp³-hybridized carbons (Fsp3) is 0.391. The van der Waals surface area contributed by atoms with Gasteiger partial charge in [-0.25, -0.2) is 22.6 Å². The third kappa shape index (κ3) is 6.73. The van der Waals surface area contributed by atoms with Crippen LogP contribution in [0.5, 0.6) is 0 Å². The van der Waals surface area contributed by atoms with Crippen LogP contribution in [0.1, 0.15) is 46.9 Å². The molecule has 0 atom stereocenters. The van der Waals surface area contributed by atoms with Crippen LogP contribution in [0, 0.1) is 23.1 Å². The van der Waals surface area contributed by atoms with Gasteiger partial charge in [0.05, 0.1) is 23.5 Å². The van der Waals surface area contributed by atoms with Crippen molar-refractivity contribution in [2.45, 2.75) is 31.7 Å². The molecule has 1 amide bonds. The molecule has 1 fully saturated rings. The second-order valence-corrected chi connectivity index (χ2v) is 9.89. The molecule has 3 rings (SSSR count). The van der Waals surface area contributed by atoms with Crippen molar-refractivity contribution in [3.63, 3.8) is 0 Å². The van der Waals surface area contributed by atoms with Gasteiger partial charge in [-0.15, -0.1) is 0 Å². The Labute approximate surface area is 210 Å². The first kappa shape index (κ1) is 27.9. The highest BCUT2D eigenvalue weighted by Gasteiger charge is 2.40. The van der Waals surface area contributed by atoms with Crippen molar-refractivity contribution in [1.82, 2.24) is 9.71 Å². The van der Waals surface area contributed by atoms with Gasteiger partial charge in [-0.05, 0) is 31.9 Å². The lowest BCUT2D eigenvalue weighted by Crippen LogP contribution is -2.43. The number of carbonyl (C=O) groups excluding carboxylic acids is 2. The number of halogens is 4. The number of ether oxygens (including phenoxy) is 1. The van der Waals surface area contributed by atoms with E-state index in [4.69, 9.17) is 0 Å². The minimum atomic E-state index is -5.00. The number of nitrogens with zero attached hydrogens (tertiary/aromatic N) is 3. The fourth-order valence-electron chi connectivity index (χ4n) is 3.85. The molecule has 9 nitrogen and oxygen atoms in total. The highest BCUT2D eigenvalue weighted by molar-refractivity contribution is 7.89. The number of pyridine rings is 1. The van der Waals surface area contributed by atoms with Gasteiger partial charge >= 0.3 is 12.1 Å². The van der Waals surface area contributed by atoms with Crippen LogP contribution >= 0.6 is 0 Å². The normalized spacial score (nSPS) is 14.6. The summed E-state index contributed by atoms with van der Waals surface area (Å²) in [5.74, 6) is -4.67. The van der Waals surface area contributed by atoms with Crippen molar-refractivity contribution in [2.24, 2.45) is 5.92 Å². The maximum absolute atomic E-state index is 13.8. The summed E-state index contributed by atoms with van der Waals surface area (Å²) in [6, 6.07) is 7.73. The molecule has 0 unspecified atom stereocenters. The van der Waals surface area contributed by atoms with E-state index < -0.39 is 56.8 Å². The molecule has 0 bridgehead atoms. The molecule has 0 spiro atoms. The Bertz CT molecular complexity index is 1330. The van der Waals surface area contributed by atoms with E-state index in [1.807, 2.05) is 4.72 Å². The summed E-state index contributed by atoms with van der Waals surface area (Å²) in [7, 11) is -4.20. The largest absolute Gasteiger partial charge is 0.462 e. The number of piperidine rings is 1. The van der Waals surface area contributed by atoms with Gasteiger partial charge in [-0.2, -0.15) is 18.4 Å². The summed E-state index contributed by atoms with van der Waals surface area (Å²) in [6.45, 7) is 1.22. The first-order valence-corrected chi connectivity index (χ1v) is 12.7. The van der Waals surface area contributed by atoms with E-state index in [0.717, 1.165) is 12.1 Å². The van der Waals surface area contributed by atoms with E-state index in [2.05, 4.69) is 9.72 Å². The summed E-state index contributed by atoms with van der Waals surface area (Å²) >= 11 is 0. The van der Waals surface area contributed by atoms with E-state index in [0.29, 0.717) is 0 Å². The Morgan fingerprint density at radius 2 is 1.89 bits per heavy atom. The number of nitriles is 1. The minimum absolute atomic E-state index is 0.0107. The predicted octanol–water partition coefficient (Wildman–Crippen LogP) is 3.15. The number of sulfonamides is 1. The number of alkyl halides is 3. The Hall–Kier alpha value is -3.73. The molecule has 1 aromatic heterocycles. The zero-order chi connectivity index (χ0) is 27.4. The molecule has 0 aliphatic carbocycles. The second kappa shape index (κ2) is 11.1. The van der Waals surface area contributed by atoms with Gasteiger partial charge in [0.2, 0.25) is 15.9 Å². The van der Waals surface area contributed by atoms with Gasteiger partial charge in [0, 0.05) is 24.6 Å². The molecule has 2 heterocycles. The Balaban J connectivity index is 1.74. The van der Waals surface area contributed by atoms with Gasteiger partial charge in [0.1, 0.15) is 17.7 Å². The van der Waals surface area contributed by atoms with Crippen LogP contribution in [0.3, 0.4) is 0 Å². The van der Waals surface area contributed by atoms with Gasteiger partial charge in [-0.3, -0.25) is 9.52 Å². The summed E-state index contributed by atoms with van der Waals surface area (Å²) < 4.78 is 85.9. The van der Waals surface area contributed by atoms with Crippen molar-refractivity contribution in [2.75, 3.05) is 24.6 Å². The number of aromatic nitrogens is 1. The average Bonchev–Trinajstić information content (AvgIpc) is 2.84. The summed E-state index contributed by atoms with van der Waals surface area (Å²) in [5.41, 5.74) is -2.78. The summed E-state index contributed by atoms with van der Waals surface area (Å²) in [6.07, 6.45) is -4.90. The van der Waals surface area contributed by atoms with Crippen LogP contribution in [-0.2, 0) is 31.5 Å². The van der Waals surface area contributed by atoms with Gasteiger partial charge in [0.25, 0.3) is 0 Å². The van der Waals surface area contributed by atoms with Gasteiger partial charge in [-0.1, -0.05) is 18.2 Å². The van der Waals surface area contributed by atoms with Gasteiger partial charge < -0.3 is 9.64 Å².